The molecular weight excluding hydrogens is 823 g/mol. The minimum absolute atomic E-state index is 0.209. The lowest BCUT2D eigenvalue weighted by Crippen LogP contribution is -2.45. The summed E-state index contributed by atoms with van der Waals surface area (Å²) in [6.07, 6.45) is 2.36. The highest BCUT2D eigenvalue weighted by Gasteiger charge is 2.29. The summed E-state index contributed by atoms with van der Waals surface area (Å²) in [5.41, 5.74) is 7.67. The standard InChI is InChI=1S/C21H27N5O3.C12H16ClN3O2.C7H6Cl2N2O/c1-3-22-21(27)23-16-6-4-15(5-7-16)19-24-18-8-10-28-13-17(18)20(25-19)26-9-11-29-12-14(26)2;1-8-6-18-5-3-16(8)11-9-7-17-4-2-10(9)14-12(13)15-11;8-6-4-3-12-2-1-5(4)10-7(9)11-6/h4-7,14H,3,8-13H2,1-2H3,(H2,22,23,27);8H,2-7H2,1H3;1-3H2/t14-;8-;/m00./s1. The SMILES string of the molecule is CCNC(=O)Nc1ccc(-c2nc3c(c(N4CCOC[C@@H]4C)n2)COCC3)cc1.C[C@H]1COCCN1c1nc(Cl)nc2c1COCC2.Clc1nc(Cl)c2c(n1)CCOC2. The third-order valence-corrected chi connectivity index (χ3v) is 11.0. The van der Waals surface area contributed by atoms with E-state index in [0.29, 0.717) is 81.7 Å². The topological polar surface area (TPSA) is 171 Å². The summed E-state index contributed by atoms with van der Waals surface area (Å²) in [7, 11) is 0. The molecule has 1 aromatic carbocycles. The van der Waals surface area contributed by atoms with Gasteiger partial charge in [-0.3, -0.25) is 0 Å². The Bertz CT molecular complexity index is 2080. The average Bonchev–Trinajstić information content (AvgIpc) is 3.24. The monoisotopic (exact) mass is 870 g/mol. The highest BCUT2D eigenvalue weighted by Crippen LogP contribution is 2.32. The Hall–Kier alpha value is -4.00. The first kappa shape index (κ1) is 43.1. The maximum Gasteiger partial charge on any atom is 0.319 e. The van der Waals surface area contributed by atoms with Gasteiger partial charge in [-0.1, -0.05) is 11.6 Å². The van der Waals surface area contributed by atoms with Gasteiger partial charge in [-0.05, 0) is 68.2 Å². The number of aromatic nitrogens is 6. The molecule has 5 aliphatic rings. The number of nitrogens with zero attached hydrogens (tertiary/aromatic N) is 8. The van der Waals surface area contributed by atoms with Crippen molar-refractivity contribution < 1.29 is 28.5 Å². The Kier molecular flexibility index (Phi) is 15.0. The van der Waals surface area contributed by atoms with Gasteiger partial charge in [-0.25, -0.2) is 34.7 Å². The number of carbonyl (C=O) groups is 1. The van der Waals surface area contributed by atoms with Crippen LogP contribution < -0.4 is 20.4 Å². The zero-order chi connectivity index (χ0) is 41.3. The number of fused-ring (bicyclic) bond motifs is 3. The van der Waals surface area contributed by atoms with Crippen LogP contribution >= 0.6 is 34.8 Å². The lowest BCUT2D eigenvalue weighted by molar-refractivity contribution is 0.0952. The van der Waals surface area contributed by atoms with Crippen molar-refractivity contribution in [2.24, 2.45) is 0 Å². The summed E-state index contributed by atoms with van der Waals surface area (Å²) in [5, 5.41) is 6.47. The second-order valence-corrected chi connectivity index (χ2v) is 15.5. The van der Waals surface area contributed by atoms with E-state index in [-0.39, 0.29) is 17.4 Å². The minimum Gasteiger partial charge on any atom is -0.377 e. The van der Waals surface area contributed by atoms with Gasteiger partial charge in [0.25, 0.3) is 0 Å². The van der Waals surface area contributed by atoms with Gasteiger partial charge in [0.2, 0.25) is 10.6 Å². The van der Waals surface area contributed by atoms with Gasteiger partial charge < -0.3 is 44.1 Å². The van der Waals surface area contributed by atoms with Crippen molar-refractivity contribution in [3.8, 4) is 11.4 Å². The summed E-state index contributed by atoms with van der Waals surface area (Å²) >= 11 is 17.5. The molecule has 5 aliphatic heterocycles. The Balaban J connectivity index is 0.000000149. The van der Waals surface area contributed by atoms with Crippen molar-refractivity contribution in [2.75, 3.05) is 81.0 Å². The fourth-order valence-corrected chi connectivity index (χ4v) is 7.95. The lowest BCUT2D eigenvalue weighted by atomic mass is 10.1. The summed E-state index contributed by atoms with van der Waals surface area (Å²) in [4.78, 5) is 42.6. The lowest BCUT2D eigenvalue weighted by Gasteiger charge is -2.36. The number of morpholine rings is 2. The Morgan fingerprint density at radius 2 is 1.17 bits per heavy atom. The van der Waals surface area contributed by atoms with Gasteiger partial charge in [0, 0.05) is 66.8 Å². The second-order valence-electron chi connectivity index (χ2n) is 14.5. The van der Waals surface area contributed by atoms with Crippen molar-refractivity contribution >= 4 is 58.2 Å². The zero-order valence-corrected chi connectivity index (χ0v) is 35.7. The Morgan fingerprint density at radius 1 is 0.661 bits per heavy atom. The average molecular weight is 872 g/mol. The maximum atomic E-state index is 11.7. The molecule has 9 rings (SSSR count). The molecule has 0 radical (unpaired) electrons. The fraction of sp³-hybridized carbons (Fsp3) is 0.525. The molecule has 2 atom stereocenters. The second kappa shape index (κ2) is 20.5. The molecule has 0 bridgehead atoms. The van der Waals surface area contributed by atoms with E-state index in [1.807, 2.05) is 31.2 Å². The molecule has 8 heterocycles. The van der Waals surface area contributed by atoms with Crippen LogP contribution in [0.5, 0.6) is 0 Å². The molecule has 3 aromatic heterocycles. The number of halogens is 3. The summed E-state index contributed by atoms with van der Waals surface area (Å²) in [5.74, 6) is 2.56. The number of anilines is 3. The van der Waals surface area contributed by atoms with E-state index in [2.05, 4.69) is 54.2 Å². The molecule has 19 heteroatoms. The van der Waals surface area contributed by atoms with Gasteiger partial charge in [-0.15, -0.1) is 0 Å². The number of ether oxygens (including phenoxy) is 5. The number of hydrogen-bond acceptors (Lipinski definition) is 14. The van der Waals surface area contributed by atoms with Gasteiger partial charge in [0.05, 0.1) is 95.2 Å². The molecule has 2 amide bonds. The van der Waals surface area contributed by atoms with Gasteiger partial charge in [0.15, 0.2) is 5.82 Å². The first-order chi connectivity index (χ1) is 28.7. The maximum absolute atomic E-state index is 11.7. The molecule has 0 unspecified atom stereocenters. The number of carbonyl (C=O) groups excluding carboxylic acids is 1. The van der Waals surface area contributed by atoms with Crippen LogP contribution in [0, 0.1) is 0 Å². The van der Waals surface area contributed by atoms with E-state index < -0.39 is 0 Å². The number of amides is 2. The molecule has 2 saturated heterocycles. The van der Waals surface area contributed by atoms with Crippen LogP contribution in [0.2, 0.25) is 15.7 Å². The van der Waals surface area contributed by atoms with E-state index >= 15 is 0 Å². The first-order valence-electron chi connectivity index (χ1n) is 19.9. The number of rotatable bonds is 5. The van der Waals surface area contributed by atoms with Crippen molar-refractivity contribution in [1.82, 2.24) is 35.2 Å². The number of urea groups is 1. The normalized spacial score (nSPS) is 19.8. The van der Waals surface area contributed by atoms with E-state index in [0.717, 1.165) is 102 Å². The molecule has 16 nitrogen and oxygen atoms in total. The van der Waals surface area contributed by atoms with Crippen LogP contribution in [-0.2, 0) is 62.8 Å². The molecule has 2 fully saturated rings. The third kappa shape index (κ3) is 10.9. The number of benzene rings is 1. The summed E-state index contributed by atoms with van der Waals surface area (Å²) < 4.78 is 27.5. The molecule has 316 valence electrons. The molecule has 0 spiro atoms. The largest absolute Gasteiger partial charge is 0.377 e. The highest BCUT2D eigenvalue weighted by molar-refractivity contribution is 6.32. The molecule has 0 aliphatic carbocycles. The Morgan fingerprint density at radius 3 is 1.73 bits per heavy atom. The zero-order valence-electron chi connectivity index (χ0n) is 33.4. The molecule has 2 N–H and O–H groups in total. The number of hydrogen-bond donors (Lipinski definition) is 2. The minimum atomic E-state index is -0.214. The van der Waals surface area contributed by atoms with Gasteiger partial charge in [-0.2, -0.15) is 0 Å². The van der Waals surface area contributed by atoms with Crippen molar-refractivity contribution in [3.05, 3.63) is 73.8 Å². The predicted octanol–water partition coefficient (Wildman–Crippen LogP) is 5.87. The first-order valence-corrected chi connectivity index (χ1v) is 21.0. The summed E-state index contributed by atoms with van der Waals surface area (Å²) in [6, 6.07) is 7.96. The van der Waals surface area contributed by atoms with Crippen molar-refractivity contribution in [3.63, 3.8) is 0 Å². The predicted molar refractivity (Wildman–Crippen MR) is 225 cm³/mol. The number of nitrogens with one attached hydrogen (secondary N) is 2. The molecular formula is C40H49Cl3N10O6. The van der Waals surface area contributed by atoms with Crippen LogP contribution in [0.25, 0.3) is 11.4 Å². The molecule has 59 heavy (non-hydrogen) atoms. The van der Waals surface area contributed by atoms with Gasteiger partial charge >= 0.3 is 6.03 Å². The van der Waals surface area contributed by atoms with Crippen molar-refractivity contribution in [1.29, 1.82) is 0 Å². The van der Waals surface area contributed by atoms with Crippen molar-refractivity contribution in [2.45, 2.75) is 71.9 Å². The van der Waals surface area contributed by atoms with Crippen LogP contribution in [0.4, 0.5) is 22.1 Å². The molecule has 4 aromatic rings. The van der Waals surface area contributed by atoms with Gasteiger partial charge in [0.1, 0.15) is 16.8 Å². The molecule has 0 saturated carbocycles. The van der Waals surface area contributed by atoms with Crippen LogP contribution in [0.3, 0.4) is 0 Å². The van der Waals surface area contributed by atoms with Crippen LogP contribution in [-0.4, -0.2) is 114 Å². The van der Waals surface area contributed by atoms with Crippen LogP contribution in [0.15, 0.2) is 24.3 Å². The quantitative estimate of drug-likeness (QED) is 0.180. The van der Waals surface area contributed by atoms with E-state index in [1.165, 1.54) is 0 Å². The van der Waals surface area contributed by atoms with Crippen LogP contribution in [0.1, 0.15) is 54.5 Å². The van der Waals surface area contributed by atoms with E-state index in [1.54, 1.807) is 0 Å². The highest BCUT2D eigenvalue weighted by atomic mass is 35.5. The smallest absolute Gasteiger partial charge is 0.319 e. The fourth-order valence-electron chi connectivity index (χ4n) is 7.29. The third-order valence-electron chi connectivity index (χ3n) is 10.3. The summed E-state index contributed by atoms with van der Waals surface area (Å²) in [6.45, 7) is 14.9. The van der Waals surface area contributed by atoms with E-state index in [4.69, 9.17) is 68.5 Å². The Labute approximate surface area is 358 Å². The van der Waals surface area contributed by atoms with E-state index in [9.17, 15) is 4.79 Å².